The van der Waals surface area contributed by atoms with Gasteiger partial charge >= 0.3 is 0 Å². The van der Waals surface area contributed by atoms with Gasteiger partial charge in [-0.3, -0.25) is 0 Å². The van der Waals surface area contributed by atoms with Crippen LogP contribution in [0, 0.1) is 0 Å². The summed E-state index contributed by atoms with van der Waals surface area (Å²) in [4.78, 5) is 0. The molecule has 0 bridgehead atoms. The number of aliphatic hydroxyl groups is 1. The van der Waals surface area contributed by atoms with Crippen LogP contribution in [0.2, 0.25) is 10.0 Å². The second-order valence-electron chi connectivity index (χ2n) is 4.41. The Bertz CT molecular complexity index is 414. The fraction of sp³-hybridized carbons (Fsp3) is 0.538. The van der Waals surface area contributed by atoms with Crippen molar-refractivity contribution in [2.75, 3.05) is 31.2 Å². The van der Waals surface area contributed by atoms with E-state index in [1.807, 2.05) is 11.8 Å². The number of rotatable bonds is 5. The van der Waals surface area contributed by atoms with Gasteiger partial charge in [0.15, 0.2) is 0 Å². The van der Waals surface area contributed by atoms with Crippen LogP contribution in [-0.4, -0.2) is 42.4 Å². The van der Waals surface area contributed by atoms with Crippen LogP contribution in [0.4, 0.5) is 0 Å². The Morgan fingerprint density at radius 1 is 1.47 bits per heavy atom. The monoisotopic (exact) mass is 321 g/mol. The van der Waals surface area contributed by atoms with Gasteiger partial charge in [0.05, 0.1) is 18.8 Å². The fourth-order valence-corrected chi connectivity index (χ4v) is 3.20. The van der Waals surface area contributed by atoms with Crippen LogP contribution < -0.4 is 5.32 Å². The Balaban J connectivity index is 1.80. The summed E-state index contributed by atoms with van der Waals surface area (Å²) >= 11 is 13.8. The molecule has 0 spiro atoms. The summed E-state index contributed by atoms with van der Waals surface area (Å²) in [5.41, 5.74) is 0.653. The lowest BCUT2D eigenvalue weighted by Gasteiger charge is -2.23. The first kappa shape index (κ1) is 15.4. The average Bonchev–Trinajstić information content (AvgIpc) is 2.42. The average molecular weight is 322 g/mol. The summed E-state index contributed by atoms with van der Waals surface area (Å²) in [6.45, 7) is 1.98. The minimum absolute atomic E-state index is 0.223. The highest BCUT2D eigenvalue weighted by molar-refractivity contribution is 7.99. The second kappa shape index (κ2) is 7.72. The van der Waals surface area contributed by atoms with Crippen molar-refractivity contribution in [2.45, 2.75) is 12.2 Å². The van der Waals surface area contributed by atoms with Crippen molar-refractivity contribution >= 4 is 35.0 Å². The van der Waals surface area contributed by atoms with Gasteiger partial charge in [-0.05, 0) is 18.2 Å². The van der Waals surface area contributed by atoms with Gasteiger partial charge < -0.3 is 15.2 Å². The van der Waals surface area contributed by atoms with Gasteiger partial charge in [0.1, 0.15) is 0 Å². The maximum absolute atomic E-state index is 10.1. The van der Waals surface area contributed by atoms with Crippen molar-refractivity contribution in [2.24, 2.45) is 0 Å². The smallest absolute Gasteiger partial charge is 0.0929 e. The molecule has 6 heteroatoms. The molecule has 0 amide bonds. The van der Waals surface area contributed by atoms with Gasteiger partial charge in [-0.25, -0.2) is 0 Å². The summed E-state index contributed by atoms with van der Waals surface area (Å²) in [5, 5.41) is 14.4. The van der Waals surface area contributed by atoms with E-state index in [4.69, 9.17) is 27.9 Å². The molecule has 1 aliphatic heterocycles. The van der Waals surface area contributed by atoms with Crippen molar-refractivity contribution in [1.82, 2.24) is 5.32 Å². The molecule has 2 atom stereocenters. The van der Waals surface area contributed by atoms with E-state index in [0.717, 1.165) is 24.7 Å². The predicted molar refractivity (Wildman–Crippen MR) is 81.4 cm³/mol. The molecule has 2 N–H and O–H groups in total. The molecule has 1 aromatic rings. The molecule has 2 rings (SSSR count). The zero-order valence-corrected chi connectivity index (χ0v) is 12.8. The summed E-state index contributed by atoms with van der Waals surface area (Å²) in [7, 11) is 0. The number of aliphatic hydroxyl groups excluding tert-OH is 1. The number of ether oxygens (including phenoxy) is 1. The third-order valence-corrected chi connectivity index (χ3v) is 4.55. The van der Waals surface area contributed by atoms with E-state index in [0.29, 0.717) is 22.2 Å². The minimum atomic E-state index is -0.664. The zero-order chi connectivity index (χ0) is 13.7. The maximum Gasteiger partial charge on any atom is 0.0929 e. The van der Waals surface area contributed by atoms with Crippen molar-refractivity contribution in [3.8, 4) is 0 Å². The molecule has 1 aromatic carbocycles. The lowest BCUT2D eigenvalue weighted by atomic mass is 10.1. The Morgan fingerprint density at radius 2 is 2.32 bits per heavy atom. The van der Waals surface area contributed by atoms with E-state index in [-0.39, 0.29) is 6.10 Å². The van der Waals surface area contributed by atoms with Gasteiger partial charge in [-0.1, -0.05) is 23.2 Å². The first-order chi connectivity index (χ1) is 9.16. The highest BCUT2D eigenvalue weighted by Gasteiger charge is 2.16. The standard InChI is InChI=1S/C13H17Cl2NO2S/c14-9-1-2-12(15)11(5-9)13(17)7-16-6-10-8-19-4-3-18-10/h1-2,5,10,13,16-17H,3-4,6-8H2. The van der Waals surface area contributed by atoms with E-state index in [2.05, 4.69) is 5.32 Å². The third kappa shape index (κ3) is 4.81. The van der Waals surface area contributed by atoms with Crippen LogP contribution in [0.25, 0.3) is 0 Å². The Morgan fingerprint density at radius 3 is 3.05 bits per heavy atom. The molecule has 106 valence electrons. The van der Waals surface area contributed by atoms with Gasteiger partial charge in [-0.15, -0.1) is 0 Å². The number of hydrogen-bond donors (Lipinski definition) is 2. The molecule has 1 heterocycles. The first-order valence-electron chi connectivity index (χ1n) is 6.20. The van der Waals surface area contributed by atoms with E-state index in [9.17, 15) is 5.11 Å². The molecular formula is C13H17Cl2NO2S. The van der Waals surface area contributed by atoms with E-state index in [1.54, 1.807) is 18.2 Å². The van der Waals surface area contributed by atoms with Crippen LogP contribution in [0.1, 0.15) is 11.7 Å². The lowest BCUT2D eigenvalue weighted by molar-refractivity contribution is 0.0717. The van der Waals surface area contributed by atoms with E-state index < -0.39 is 6.10 Å². The second-order valence-corrected chi connectivity index (χ2v) is 6.40. The fourth-order valence-electron chi connectivity index (χ4n) is 1.92. The number of halogens is 2. The summed E-state index contributed by atoms with van der Waals surface area (Å²) < 4.78 is 5.60. The van der Waals surface area contributed by atoms with Crippen LogP contribution in [0.3, 0.4) is 0 Å². The van der Waals surface area contributed by atoms with E-state index >= 15 is 0 Å². The third-order valence-electron chi connectivity index (χ3n) is 2.91. The Hall–Kier alpha value is 0.0300. The van der Waals surface area contributed by atoms with Gasteiger partial charge in [0, 0.05) is 40.2 Å². The number of nitrogens with one attached hydrogen (secondary N) is 1. The minimum Gasteiger partial charge on any atom is -0.387 e. The summed E-state index contributed by atoms with van der Waals surface area (Å²) in [6, 6.07) is 5.10. The summed E-state index contributed by atoms with van der Waals surface area (Å²) in [6.07, 6.45) is -0.441. The van der Waals surface area contributed by atoms with Crippen LogP contribution in [0.5, 0.6) is 0 Å². The number of hydrogen-bond acceptors (Lipinski definition) is 4. The molecule has 1 saturated heterocycles. The maximum atomic E-state index is 10.1. The molecule has 19 heavy (non-hydrogen) atoms. The van der Waals surface area contributed by atoms with Gasteiger partial charge in [0.25, 0.3) is 0 Å². The highest BCUT2D eigenvalue weighted by Crippen LogP contribution is 2.26. The Kier molecular flexibility index (Phi) is 6.26. The van der Waals surface area contributed by atoms with Crippen LogP contribution >= 0.6 is 35.0 Å². The molecule has 0 radical (unpaired) electrons. The van der Waals surface area contributed by atoms with Crippen molar-refractivity contribution in [3.05, 3.63) is 33.8 Å². The van der Waals surface area contributed by atoms with Crippen molar-refractivity contribution in [3.63, 3.8) is 0 Å². The molecule has 0 aromatic heterocycles. The molecular weight excluding hydrogens is 305 g/mol. The normalized spacial score (nSPS) is 21.3. The molecule has 0 saturated carbocycles. The van der Waals surface area contributed by atoms with Crippen LogP contribution in [-0.2, 0) is 4.74 Å². The summed E-state index contributed by atoms with van der Waals surface area (Å²) in [5.74, 6) is 2.07. The Labute approximate surface area is 127 Å². The SMILES string of the molecule is OC(CNCC1CSCCO1)c1cc(Cl)ccc1Cl. The molecule has 1 aliphatic rings. The van der Waals surface area contributed by atoms with E-state index in [1.165, 1.54) is 0 Å². The van der Waals surface area contributed by atoms with Gasteiger partial charge in [-0.2, -0.15) is 11.8 Å². The van der Waals surface area contributed by atoms with Crippen molar-refractivity contribution < 1.29 is 9.84 Å². The van der Waals surface area contributed by atoms with Crippen molar-refractivity contribution in [1.29, 1.82) is 0 Å². The highest BCUT2D eigenvalue weighted by atomic mass is 35.5. The molecule has 0 aliphatic carbocycles. The van der Waals surface area contributed by atoms with Gasteiger partial charge in [0.2, 0.25) is 0 Å². The molecule has 1 fully saturated rings. The first-order valence-corrected chi connectivity index (χ1v) is 8.11. The topological polar surface area (TPSA) is 41.5 Å². The number of benzene rings is 1. The van der Waals surface area contributed by atoms with Crippen LogP contribution in [0.15, 0.2) is 18.2 Å². The largest absolute Gasteiger partial charge is 0.387 e. The predicted octanol–water partition coefficient (Wildman–Crippen LogP) is 2.75. The zero-order valence-electron chi connectivity index (χ0n) is 10.4. The number of thioether (sulfide) groups is 1. The molecule has 3 nitrogen and oxygen atoms in total. The lowest BCUT2D eigenvalue weighted by Crippen LogP contribution is -2.36. The quantitative estimate of drug-likeness (QED) is 0.875. The molecule has 2 unspecified atom stereocenters.